The Labute approximate surface area is 120 Å². The molecule has 0 amide bonds. The Morgan fingerprint density at radius 1 is 0.800 bits per heavy atom. The Kier molecular flexibility index (Phi) is 2.32. The molecule has 4 rings (SSSR count). The van der Waals surface area contributed by atoms with E-state index in [0.717, 1.165) is 0 Å². The number of rotatable bonds is 0. The van der Waals surface area contributed by atoms with Crippen molar-refractivity contribution < 1.29 is 0 Å². The average Bonchev–Trinajstić information content (AvgIpc) is 2.73. The fourth-order valence-electron chi connectivity index (χ4n) is 3.66. The molecule has 20 heavy (non-hydrogen) atoms. The van der Waals surface area contributed by atoms with Crippen LogP contribution in [-0.2, 0) is 0 Å². The molecule has 0 fully saturated rings. The monoisotopic (exact) mass is 258 g/mol. The van der Waals surface area contributed by atoms with Crippen LogP contribution in [0.25, 0.3) is 21.9 Å². The summed E-state index contributed by atoms with van der Waals surface area (Å²) < 4.78 is 0. The first-order chi connectivity index (χ1) is 9.66. The van der Waals surface area contributed by atoms with Crippen LogP contribution in [0, 0.1) is 13.8 Å². The SMILES string of the molecule is Cc1ccc2c(c1)C(C)c1cc(C)c3ccccc3c1-2. The molecule has 1 unspecified atom stereocenters. The Balaban J connectivity index is 2.18. The smallest absolute Gasteiger partial charge is 0.00737 e. The van der Waals surface area contributed by atoms with Crippen molar-refractivity contribution in [3.63, 3.8) is 0 Å². The van der Waals surface area contributed by atoms with Crippen molar-refractivity contribution >= 4 is 10.8 Å². The molecule has 0 aliphatic heterocycles. The van der Waals surface area contributed by atoms with Crippen molar-refractivity contribution in [1.29, 1.82) is 0 Å². The molecule has 3 aromatic rings. The van der Waals surface area contributed by atoms with Crippen LogP contribution < -0.4 is 0 Å². The van der Waals surface area contributed by atoms with E-state index in [2.05, 4.69) is 69.3 Å². The minimum Gasteiger partial charge on any atom is -0.0616 e. The van der Waals surface area contributed by atoms with Crippen molar-refractivity contribution in [2.45, 2.75) is 26.7 Å². The van der Waals surface area contributed by atoms with Gasteiger partial charge in [-0.25, -0.2) is 0 Å². The predicted molar refractivity (Wildman–Crippen MR) is 86.4 cm³/mol. The van der Waals surface area contributed by atoms with Gasteiger partial charge in [-0.15, -0.1) is 0 Å². The summed E-state index contributed by atoms with van der Waals surface area (Å²) >= 11 is 0. The van der Waals surface area contributed by atoms with Crippen LogP contribution >= 0.6 is 0 Å². The van der Waals surface area contributed by atoms with E-state index in [1.807, 2.05) is 0 Å². The van der Waals surface area contributed by atoms with E-state index >= 15 is 0 Å². The number of benzene rings is 3. The molecular weight excluding hydrogens is 240 g/mol. The Hall–Kier alpha value is -2.08. The van der Waals surface area contributed by atoms with Gasteiger partial charge in [-0.05, 0) is 52.4 Å². The maximum Gasteiger partial charge on any atom is 0.00737 e. The minimum absolute atomic E-state index is 0.503. The second-order valence-corrected chi connectivity index (χ2v) is 6.02. The summed E-state index contributed by atoms with van der Waals surface area (Å²) in [6, 6.07) is 18.1. The van der Waals surface area contributed by atoms with E-state index < -0.39 is 0 Å². The van der Waals surface area contributed by atoms with Gasteiger partial charge < -0.3 is 0 Å². The molecule has 1 aliphatic carbocycles. The van der Waals surface area contributed by atoms with Gasteiger partial charge in [0.1, 0.15) is 0 Å². The van der Waals surface area contributed by atoms with Gasteiger partial charge in [-0.2, -0.15) is 0 Å². The van der Waals surface area contributed by atoms with E-state index in [-0.39, 0.29) is 0 Å². The van der Waals surface area contributed by atoms with Gasteiger partial charge in [-0.3, -0.25) is 0 Å². The van der Waals surface area contributed by atoms with Crippen LogP contribution in [0.15, 0.2) is 48.5 Å². The standard InChI is InChI=1S/C20H18/c1-12-8-9-17-18(10-12)14(3)19-11-13(2)15-6-4-5-7-16(15)20(17)19/h4-11,14H,1-3H3. The first kappa shape index (κ1) is 11.7. The number of fused-ring (bicyclic) bond motifs is 5. The molecular formula is C20H18. The molecule has 1 atom stereocenters. The highest BCUT2D eigenvalue weighted by Crippen LogP contribution is 2.48. The van der Waals surface area contributed by atoms with Crippen LogP contribution in [0.1, 0.15) is 35.1 Å². The largest absolute Gasteiger partial charge is 0.0616 e. The van der Waals surface area contributed by atoms with E-state index in [1.54, 1.807) is 0 Å². The second kappa shape index (κ2) is 3.96. The zero-order chi connectivity index (χ0) is 13.9. The van der Waals surface area contributed by atoms with Crippen molar-refractivity contribution in [1.82, 2.24) is 0 Å². The van der Waals surface area contributed by atoms with Gasteiger partial charge >= 0.3 is 0 Å². The van der Waals surface area contributed by atoms with E-state index in [0.29, 0.717) is 5.92 Å². The Morgan fingerprint density at radius 2 is 1.55 bits per heavy atom. The molecule has 0 heterocycles. The maximum atomic E-state index is 2.39. The average molecular weight is 258 g/mol. The van der Waals surface area contributed by atoms with Crippen LogP contribution in [-0.4, -0.2) is 0 Å². The first-order valence-corrected chi connectivity index (χ1v) is 7.30. The Bertz CT molecular complexity index is 840. The van der Waals surface area contributed by atoms with Gasteiger partial charge in [0.2, 0.25) is 0 Å². The van der Waals surface area contributed by atoms with Gasteiger partial charge in [0.15, 0.2) is 0 Å². The van der Waals surface area contributed by atoms with Crippen LogP contribution in [0.5, 0.6) is 0 Å². The molecule has 0 radical (unpaired) electrons. The topological polar surface area (TPSA) is 0 Å². The fraction of sp³-hybridized carbons (Fsp3) is 0.200. The lowest BCUT2D eigenvalue weighted by atomic mass is 9.93. The lowest BCUT2D eigenvalue weighted by Crippen LogP contribution is -1.91. The zero-order valence-corrected chi connectivity index (χ0v) is 12.2. The Morgan fingerprint density at radius 3 is 2.35 bits per heavy atom. The highest BCUT2D eigenvalue weighted by molar-refractivity contribution is 6.03. The van der Waals surface area contributed by atoms with Gasteiger partial charge in [0, 0.05) is 5.92 Å². The molecule has 1 aliphatic rings. The van der Waals surface area contributed by atoms with Crippen molar-refractivity contribution in [3.05, 3.63) is 70.8 Å². The summed E-state index contributed by atoms with van der Waals surface area (Å²) in [5.41, 5.74) is 8.58. The number of hydrogen-bond acceptors (Lipinski definition) is 0. The molecule has 0 saturated heterocycles. The summed E-state index contributed by atoms with van der Waals surface area (Å²) in [4.78, 5) is 0. The molecule has 0 saturated carbocycles. The third-order valence-corrected chi connectivity index (χ3v) is 4.69. The molecule has 0 N–H and O–H groups in total. The highest BCUT2D eigenvalue weighted by atomic mass is 14.3. The third-order valence-electron chi connectivity index (χ3n) is 4.69. The summed E-state index contributed by atoms with van der Waals surface area (Å²) in [6.45, 7) is 6.74. The minimum atomic E-state index is 0.503. The van der Waals surface area contributed by atoms with Crippen molar-refractivity contribution in [2.24, 2.45) is 0 Å². The molecule has 98 valence electrons. The first-order valence-electron chi connectivity index (χ1n) is 7.30. The summed E-state index contributed by atoms with van der Waals surface area (Å²) in [5.74, 6) is 0.503. The van der Waals surface area contributed by atoms with Crippen molar-refractivity contribution in [2.75, 3.05) is 0 Å². The fourth-order valence-corrected chi connectivity index (χ4v) is 3.66. The number of aryl methyl sites for hydroxylation is 2. The zero-order valence-electron chi connectivity index (χ0n) is 12.2. The third kappa shape index (κ3) is 1.42. The quantitative estimate of drug-likeness (QED) is 0.493. The maximum absolute atomic E-state index is 2.39. The molecule has 0 bridgehead atoms. The lowest BCUT2D eigenvalue weighted by Gasteiger charge is -2.11. The molecule has 0 spiro atoms. The summed E-state index contributed by atoms with van der Waals surface area (Å²) in [6.07, 6.45) is 0. The molecule has 0 nitrogen and oxygen atoms in total. The summed E-state index contributed by atoms with van der Waals surface area (Å²) in [5, 5.41) is 2.78. The van der Waals surface area contributed by atoms with Crippen LogP contribution in [0.4, 0.5) is 0 Å². The van der Waals surface area contributed by atoms with Crippen LogP contribution in [0.3, 0.4) is 0 Å². The van der Waals surface area contributed by atoms with Gasteiger partial charge in [0.25, 0.3) is 0 Å². The van der Waals surface area contributed by atoms with E-state index in [1.165, 1.54) is 44.2 Å². The van der Waals surface area contributed by atoms with Crippen molar-refractivity contribution in [3.8, 4) is 11.1 Å². The predicted octanol–water partition coefficient (Wildman–Crippen LogP) is 5.59. The lowest BCUT2D eigenvalue weighted by molar-refractivity contribution is 0.953. The van der Waals surface area contributed by atoms with Crippen LogP contribution in [0.2, 0.25) is 0 Å². The van der Waals surface area contributed by atoms with E-state index in [9.17, 15) is 0 Å². The molecule has 0 aromatic heterocycles. The van der Waals surface area contributed by atoms with E-state index in [4.69, 9.17) is 0 Å². The second-order valence-electron chi connectivity index (χ2n) is 6.02. The summed E-state index contributed by atoms with van der Waals surface area (Å²) in [7, 11) is 0. The van der Waals surface area contributed by atoms with Gasteiger partial charge in [0.05, 0.1) is 0 Å². The normalized spacial score (nSPS) is 16.2. The number of hydrogen-bond donors (Lipinski definition) is 0. The molecule has 0 heteroatoms. The van der Waals surface area contributed by atoms with Gasteiger partial charge in [-0.1, -0.05) is 61.0 Å². The highest BCUT2D eigenvalue weighted by Gasteiger charge is 2.27. The molecule has 3 aromatic carbocycles.